The van der Waals surface area contributed by atoms with Crippen molar-refractivity contribution < 1.29 is 14.3 Å². The molecule has 1 N–H and O–H groups in total. The highest BCUT2D eigenvalue weighted by atomic mass is 35.5. The molecule has 2 heterocycles. The van der Waals surface area contributed by atoms with Gasteiger partial charge in [0.05, 0.1) is 5.41 Å². The summed E-state index contributed by atoms with van der Waals surface area (Å²) in [6.07, 6.45) is 1.91. The third kappa shape index (κ3) is 3.65. The lowest BCUT2D eigenvalue weighted by Crippen LogP contribution is -2.54. The van der Waals surface area contributed by atoms with Crippen molar-refractivity contribution in [3.05, 3.63) is 64.7 Å². The molecule has 1 saturated heterocycles. The zero-order valence-corrected chi connectivity index (χ0v) is 17.2. The number of carbonyl (C=O) groups is 2. The first-order valence-electron chi connectivity index (χ1n) is 10.1. The van der Waals surface area contributed by atoms with Crippen LogP contribution in [0.5, 0.6) is 0 Å². The number of fused-ring (bicyclic) bond motifs is 1. The van der Waals surface area contributed by atoms with E-state index in [-0.39, 0.29) is 11.8 Å². The van der Waals surface area contributed by atoms with E-state index in [0.29, 0.717) is 37.6 Å². The van der Waals surface area contributed by atoms with Crippen LogP contribution in [0, 0.1) is 0 Å². The molecule has 1 unspecified atom stereocenters. The Hall–Kier alpha value is -2.37. The quantitative estimate of drug-likeness (QED) is 0.836. The number of anilines is 1. The lowest BCUT2D eigenvalue weighted by Gasteiger charge is -2.37. The number of rotatable bonds is 4. The summed E-state index contributed by atoms with van der Waals surface area (Å²) in [4.78, 5) is 28.3. The smallest absolute Gasteiger partial charge is 0.249 e. The number of para-hydroxylation sites is 1. The van der Waals surface area contributed by atoms with Gasteiger partial charge in [-0.15, -0.1) is 0 Å². The minimum atomic E-state index is -0.784. The Balaban J connectivity index is 1.55. The number of nitrogens with zero attached hydrogens (tertiary/aromatic N) is 1. The van der Waals surface area contributed by atoms with Gasteiger partial charge in [-0.1, -0.05) is 48.0 Å². The van der Waals surface area contributed by atoms with E-state index in [1.165, 1.54) is 0 Å². The molecular formula is C23H25ClN2O3. The fraction of sp³-hybridized carbons (Fsp3) is 0.391. The first kappa shape index (κ1) is 19.9. The van der Waals surface area contributed by atoms with Crippen molar-refractivity contribution in [3.63, 3.8) is 0 Å². The molecule has 0 bridgehead atoms. The highest BCUT2D eigenvalue weighted by molar-refractivity contribution is 6.31. The highest BCUT2D eigenvalue weighted by Gasteiger charge is 2.44. The lowest BCUT2D eigenvalue weighted by molar-refractivity contribution is -0.133. The summed E-state index contributed by atoms with van der Waals surface area (Å²) in [7, 11) is 0. The molecule has 0 aliphatic carbocycles. The largest absolute Gasteiger partial charge is 0.381 e. The van der Waals surface area contributed by atoms with E-state index in [1.807, 2.05) is 42.5 Å². The first-order valence-corrected chi connectivity index (χ1v) is 10.4. The molecule has 4 rings (SSSR count). The molecule has 2 aromatic rings. The molecule has 29 heavy (non-hydrogen) atoms. The van der Waals surface area contributed by atoms with E-state index in [1.54, 1.807) is 17.9 Å². The molecule has 0 aromatic heterocycles. The van der Waals surface area contributed by atoms with Gasteiger partial charge in [-0.3, -0.25) is 9.59 Å². The van der Waals surface area contributed by atoms with Gasteiger partial charge in [0, 0.05) is 30.5 Å². The number of benzene rings is 2. The second-order valence-electron chi connectivity index (χ2n) is 7.74. The molecule has 1 atom stereocenters. The van der Waals surface area contributed by atoms with Gasteiger partial charge in [-0.05, 0) is 49.4 Å². The van der Waals surface area contributed by atoms with Gasteiger partial charge in [0.2, 0.25) is 11.8 Å². The van der Waals surface area contributed by atoms with Crippen molar-refractivity contribution >= 4 is 29.1 Å². The Kier molecular flexibility index (Phi) is 5.61. The zero-order valence-electron chi connectivity index (χ0n) is 16.5. The lowest BCUT2D eigenvalue weighted by atomic mass is 9.73. The number of hydrogen-bond donors (Lipinski definition) is 1. The monoisotopic (exact) mass is 412 g/mol. The summed E-state index contributed by atoms with van der Waals surface area (Å²) in [6, 6.07) is 14.7. The van der Waals surface area contributed by atoms with Gasteiger partial charge < -0.3 is 15.0 Å². The Morgan fingerprint density at radius 1 is 1.10 bits per heavy atom. The standard InChI is InChI=1S/C23H25ClN2O3/c1-16(21(27)26-13-10-17-6-2-5-9-20(17)26)25-22(28)23(11-14-29-15-12-23)18-7-3-4-8-19(18)24/h2-9,16H,10-15H2,1H3,(H,25,28). The predicted molar refractivity (Wildman–Crippen MR) is 113 cm³/mol. The Labute approximate surface area is 176 Å². The average Bonchev–Trinajstić information content (AvgIpc) is 3.18. The van der Waals surface area contributed by atoms with Crippen molar-refractivity contribution in [2.24, 2.45) is 0 Å². The fourth-order valence-corrected chi connectivity index (χ4v) is 4.70. The predicted octanol–water partition coefficient (Wildman–Crippen LogP) is 3.48. The molecule has 0 saturated carbocycles. The molecule has 1 fully saturated rings. The van der Waals surface area contributed by atoms with Gasteiger partial charge in [-0.25, -0.2) is 0 Å². The number of amides is 2. The van der Waals surface area contributed by atoms with Gasteiger partial charge in [-0.2, -0.15) is 0 Å². The van der Waals surface area contributed by atoms with Gasteiger partial charge >= 0.3 is 0 Å². The molecule has 2 aliphatic rings. The normalized spacial score (nSPS) is 18.8. The van der Waals surface area contributed by atoms with Gasteiger partial charge in [0.1, 0.15) is 6.04 Å². The number of nitrogens with one attached hydrogen (secondary N) is 1. The summed E-state index contributed by atoms with van der Waals surface area (Å²) in [5, 5.41) is 3.55. The molecule has 6 heteroatoms. The molecule has 0 radical (unpaired) electrons. The Morgan fingerprint density at radius 3 is 2.55 bits per heavy atom. The molecular weight excluding hydrogens is 388 g/mol. The summed E-state index contributed by atoms with van der Waals surface area (Å²) in [5.74, 6) is -0.257. The van der Waals surface area contributed by atoms with Crippen molar-refractivity contribution in [3.8, 4) is 0 Å². The van der Waals surface area contributed by atoms with Crippen LogP contribution in [0.4, 0.5) is 5.69 Å². The summed E-state index contributed by atoms with van der Waals surface area (Å²) in [6.45, 7) is 3.36. The number of hydrogen-bond acceptors (Lipinski definition) is 3. The van der Waals surface area contributed by atoms with Crippen LogP contribution in [0.25, 0.3) is 0 Å². The van der Waals surface area contributed by atoms with Crippen LogP contribution in [0.1, 0.15) is 30.9 Å². The maximum absolute atomic E-state index is 13.5. The summed E-state index contributed by atoms with van der Waals surface area (Å²) in [5.41, 5.74) is 2.11. The van der Waals surface area contributed by atoms with E-state index in [9.17, 15) is 9.59 Å². The van der Waals surface area contributed by atoms with Crippen LogP contribution in [0.15, 0.2) is 48.5 Å². The van der Waals surface area contributed by atoms with Crippen LogP contribution < -0.4 is 10.2 Å². The molecule has 2 aliphatic heterocycles. The topological polar surface area (TPSA) is 58.6 Å². The molecule has 0 spiro atoms. The van der Waals surface area contributed by atoms with Crippen molar-refractivity contribution in [1.82, 2.24) is 5.32 Å². The van der Waals surface area contributed by atoms with E-state index in [2.05, 4.69) is 5.32 Å². The van der Waals surface area contributed by atoms with Crippen LogP contribution >= 0.6 is 11.6 Å². The SMILES string of the molecule is CC(NC(=O)C1(c2ccccc2Cl)CCOCC1)C(=O)N1CCc2ccccc21. The second kappa shape index (κ2) is 8.17. The zero-order chi connectivity index (χ0) is 20.4. The molecule has 5 nitrogen and oxygen atoms in total. The minimum absolute atomic E-state index is 0.0929. The van der Waals surface area contributed by atoms with E-state index in [4.69, 9.17) is 16.3 Å². The third-order valence-corrected chi connectivity index (χ3v) is 6.37. The van der Waals surface area contributed by atoms with Gasteiger partial charge in [0.25, 0.3) is 0 Å². The van der Waals surface area contributed by atoms with Crippen LogP contribution in [0.3, 0.4) is 0 Å². The van der Waals surface area contributed by atoms with Gasteiger partial charge in [0.15, 0.2) is 0 Å². The van der Waals surface area contributed by atoms with Crippen LogP contribution in [-0.2, 0) is 26.2 Å². The van der Waals surface area contributed by atoms with Crippen LogP contribution in [0.2, 0.25) is 5.02 Å². The van der Waals surface area contributed by atoms with Crippen molar-refractivity contribution in [2.75, 3.05) is 24.7 Å². The minimum Gasteiger partial charge on any atom is -0.381 e. The Bertz CT molecular complexity index is 924. The summed E-state index contributed by atoms with van der Waals surface area (Å²) >= 11 is 6.45. The first-order chi connectivity index (χ1) is 14.0. The van der Waals surface area contributed by atoms with Crippen molar-refractivity contribution in [2.45, 2.75) is 37.6 Å². The number of ether oxygens (including phenoxy) is 1. The van der Waals surface area contributed by atoms with E-state index in [0.717, 1.165) is 23.2 Å². The molecule has 2 aromatic carbocycles. The maximum atomic E-state index is 13.5. The molecule has 2 amide bonds. The van der Waals surface area contributed by atoms with Crippen molar-refractivity contribution in [1.29, 1.82) is 0 Å². The maximum Gasteiger partial charge on any atom is 0.249 e. The summed E-state index contributed by atoms with van der Waals surface area (Å²) < 4.78 is 5.51. The second-order valence-corrected chi connectivity index (χ2v) is 8.15. The molecule has 152 valence electrons. The fourth-order valence-electron chi connectivity index (χ4n) is 4.39. The van der Waals surface area contributed by atoms with E-state index >= 15 is 0 Å². The number of carbonyl (C=O) groups excluding carboxylic acids is 2. The highest BCUT2D eigenvalue weighted by Crippen LogP contribution is 2.39. The van der Waals surface area contributed by atoms with Crippen LogP contribution in [-0.4, -0.2) is 37.6 Å². The third-order valence-electron chi connectivity index (χ3n) is 6.04. The average molecular weight is 413 g/mol. The Morgan fingerprint density at radius 2 is 1.79 bits per heavy atom. The number of halogens is 1. The van der Waals surface area contributed by atoms with E-state index < -0.39 is 11.5 Å².